The number of hydrogen-bond donors (Lipinski definition) is 2. The lowest BCUT2D eigenvalue weighted by atomic mass is 9.81. The maximum atomic E-state index is 13.0. The van der Waals surface area contributed by atoms with Crippen LogP contribution in [0, 0.1) is 5.92 Å². The van der Waals surface area contributed by atoms with Crippen molar-refractivity contribution < 1.29 is 13.6 Å². The number of carbonyl (C=O) groups excluding carboxylic acids is 1. The number of alkyl halides is 2. The number of rotatable bonds is 5. The van der Waals surface area contributed by atoms with E-state index in [1.165, 1.54) is 6.20 Å². The number of nitrogens with zero attached hydrogens (tertiary/aromatic N) is 4. The highest BCUT2D eigenvalue weighted by Crippen LogP contribution is 2.42. The van der Waals surface area contributed by atoms with Crippen LogP contribution in [0.15, 0.2) is 36.9 Å². The molecule has 2 aliphatic carbocycles. The zero-order valence-electron chi connectivity index (χ0n) is 16.6. The zero-order valence-corrected chi connectivity index (χ0v) is 16.6. The summed E-state index contributed by atoms with van der Waals surface area (Å²) in [5.74, 6) is -1.71. The number of H-pyrrole nitrogens is 1. The molecule has 2 fully saturated rings. The van der Waals surface area contributed by atoms with Crippen molar-refractivity contribution in [2.75, 3.05) is 6.54 Å². The van der Waals surface area contributed by atoms with Gasteiger partial charge in [-0.25, -0.2) is 23.3 Å². The van der Waals surface area contributed by atoms with E-state index >= 15 is 0 Å². The first-order valence-electron chi connectivity index (χ1n) is 10.4. The number of fused-ring (bicyclic) bond motifs is 2. The molecule has 1 amide bonds. The third-order valence-electron chi connectivity index (χ3n) is 6.20. The van der Waals surface area contributed by atoms with Gasteiger partial charge in [-0.2, -0.15) is 5.10 Å². The smallest absolute Gasteiger partial charge is 0.255 e. The van der Waals surface area contributed by atoms with Crippen molar-refractivity contribution in [3.63, 3.8) is 0 Å². The van der Waals surface area contributed by atoms with Crippen LogP contribution in [-0.2, 0) is 0 Å². The number of hydrogen-bond acceptors (Lipinski definition) is 4. The topological polar surface area (TPSA) is 88.0 Å². The van der Waals surface area contributed by atoms with Crippen LogP contribution >= 0.6 is 0 Å². The lowest BCUT2D eigenvalue weighted by molar-refractivity contribution is -0.108. The summed E-state index contributed by atoms with van der Waals surface area (Å²) < 4.78 is 27.7. The Morgan fingerprint density at radius 3 is 2.90 bits per heavy atom. The standard InChI is InChI=1S/C22H20F2N6O/c23-22(24)6-12(7-22)8-27-21(31)17-11-28-30-4-3-14(5-18(17)30)15-9-26-20-16(15)10-25-19(29-20)13-1-2-13/h3-5,9-13H,1-2,6-8H2,(H,27,31)(H,25,26,29). The third kappa shape index (κ3) is 3.24. The Balaban J connectivity index is 1.28. The van der Waals surface area contributed by atoms with Gasteiger partial charge in [-0.3, -0.25) is 4.79 Å². The van der Waals surface area contributed by atoms with Crippen molar-refractivity contribution in [3.8, 4) is 11.1 Å². The van der Waals surface area contributed by atoms with Crippen molar-refractivity contribution in [2.24, 2.45) is 5.92 Å². The van der Waals surface area contributed by atoms with E-state index in [0.717, 1.165) is 40.8 Å². The van der Waals surface area contributed by atoms with Crippen LogP contribution < -0.4 is 5.32 Å². The minimum atomic E-state index is -2.59. The summed E-state index contributed by atoms with van der Waals surface area (Å²) in [6, 6.07) is 3.83. The summed E-state index contributed by atoms with van der Waals surface area (Å²) in [6.07, 6.45) is 9.00. The van der Waals surface area contributed by atoms with Gasteiger partial charge >= 0.3 is 0 Å². The average molecular weight is 422 g/mol. The highest BCUT2D eigenvalue weighted by atomic mass is 19.3. The SMILES string of the molecule is O=C(NCC1CC(F)(F)C1)c1cnn2ccc(-c3c[nH]c4nc(C5CC5)ncc34)cc12. The number of pyridine rings is 1. The van der Waals surface area contributed by atoms with E-state index in [-0.39, 0.29) is 31.2 Å². The quantitative estimate of drug-likeness (QED) is 0.510. The van der Waals surface area contributed by atoms with Gasteiger partial charge in [0.05, 0.1) is 17.3 Å². The Morgan fingerprint density at radius 1 is 1.29 bits per heavy atom. The molecule has 0 radical (unpaired) electrons. The first-order valence-corrected chi connectivity index (χ1v) is 10.4. The van der Waals surface area contributed by atoms with Crippen LogP contribution in [-0.4, -0.2) is 42.9 Å². The van der Waals surface area contributed by atoms with Crippen LogP contribution in [0.3, 0.4) is 0 Å². The van der Waals surface area contributed by atoms with Crippen LogP contribution in [0.1, 0.15) is 47.8 Å². The van der Waals surface area contributed by atoms with E-state index in [9.17, 15) is 13.6 Å². The van der Waals surface area contributed by atoms with E-state index in [1.54, 1.807) is 10.7 Å². The number of amides is 1. The monoisotopic (exact) mass is 422 g/mol. The minimum absolute atomic E-state index is 0.169. The predicted octanol–water partition coefficient (Wildman–Crippen LogP) is 3.93. The van der Waals surface area contributed by atoms with Crippen molar-refractivity contribution in [1.82, 2.24) is 29.9 Å². The van der Waals surface area contributed by atoms with Crippen molar-refractivity contribution in [2.45, 2.75) is 37.5 Å². The number of halogens is 2. The summed E-state index contributed by atoms with van der Waals surface area (Å²) in [5.41, 5.74) is 3.73. The second-order valence-corrected chi connectivity index (χ2v) is 8.61. The van der Waals surface area contributed by atoms with Crippen molar-refractivity contribution in [1.29, 1.82) is 0 Å². The Kier molecular flexibility index (Phi) is 3.90. The summed E-state index contributed by atoms with van der Waals surface area (Å²) in [5, 5.41) is 7.94. The first kappa shape index (κ1) is 18.4. The Labute approximate surface area is 175 Å². The largest absolute Gasteiger partial charge is 0.352 e. The molecule has 9 heteroatoms. The van der Waals surface area contributed by atoms with E-state index in [4.69, 9.17) is 0 Å². The summed E-state index contributed by atoms with van der Waals surface area (Å²) in [4.78, 5) is 25.1. The van der Waals surface area contributed by atoms with E-state index in [1.807, 2.05) is 24.5 Å². The molecule has 6 rings (SSSR count). The van der Waals surface area contributed by atoms with Gasteiger partial charge in [0.15, 0.2) is 0 Å². The maximum absolute atomic E-state index is 13.0. The van der Waals surface area contributed by atoms with Crippen LogP contribution in [0.4, 0.5) is 8.78 Å². The molecule has 4 aromatic heterocycles. The first-order chi connectivity index (χ1) is 15.0. The fourth-order valence-electron chi connectivity index (χ4n) is 4.28. The second-order valence-electron chi connectivity index (χ2n) is 8.61. The second kappa shape index (κ2) is 6.57. The Bertz CT molecular complexity index is 1310. The molecule has 0 aliphatic heterocycles. The van der Waals surface area contributed by atoms with Crippen LogP contribution in [0.2, 0.25) is 0 Å². The van der Waals surface area contributed by atoms with Gasteiger partial charge in [-0.1, -0.05) is 0 Å². The molecule has 0 bridgehead atoms. The third-order valence-corrected chi connectivity index (χ3v) is 6.20. The molecule has 4 aromatic rings. The number of aromatic nitrogens is 5. The molecule has 0 unspecified atom stereocenters. The molecule has 0 aromatic carbocycles. The molecular weight excluding hydrogens is 402 g/mol. The van der Waals surface area contributed by atoms with Gasteiger partial charge in [0.25, 0.3) is 5.91 Å². The molecule has 0 saturated heterocycles. The molecule has 0 atom stereocenters. The summed E-state index contributed by atoms with van der Waals surface area (Å²) in [7, 11) is 0. The lowest BCUT2D eigenvalue weighted by Gasteiger charge is -2.34. The van der Waals surface area contributed by atoms with Crippen LogP contribution in [0.5, 0.6) is 0 Å². The molecule has 158 valence electrons. The number of carbonyl (C=O) groups is 1. The molecule has 4 heterocycles. The molecule has 7 nitrogen and oxygen atoms in total. The van der Waals surface area contributed by atoms with Gasteiger partial charge in [0, 0.05) is 54.8 Å². The molecular formula is C22H20F2N6O. The number of aromatic amines is 1. The van der Waals surface area contributed by atoms with E-state index in [0.29, 0.717) is 17.0 Å². The highest BCUT2D eigenvalue weighted by molar-refractivity contribution is 6.02. The fraction of sp³-hybridized carbons (Fsp3) is 0.364. The normalized spacial score (nSPS) is 18.4. The minimum Gasteiger partial charge on any atom is -0.352 e. The molecule has 2 aliphatic rings. The van der Waals surface area contributed by atoms with E-state index in [2.05, 4.69) is 25.4 Å². The fourth-order valence-corrected chi connectivity index (χ4v) is 4.28. The average Bonchev–Trinajstić information content (AvgIpc) is 3.37. The highest BCUT2D eigenvalue weighted by Gasteiger charge is 2.45. The van der Waals surface area contributed by atoms with Gasteiger partial charge in [-0.05, 0) is 36.5 Å². The van der Waals surface area contributed by atoms with Crippen LogP contribution in [0.25, 0.3) is 27.7 Å². The van der Waals surface area contributed by atoms with Gasteiger partial charge in [0.1, 0.15) is 11.5 Å². The van der Waals surface area contributed by atoms with Gasteiger partial charge in [-0.15, -0.1) is 0 Å². The molecule has 2 saturated carbocycles. The molecule has 31 heavy (non-hydrogen) atoms. The van der Waals surface area contributed by atoms with Crippen molar-refractivity contribution in [3.05, 3.63) is 48.3 Å². The van der Waals surface area contributed by atoms with Gasteiger partial charge < -0.3 is 10.3 Å². The molecule has 2 N–H and O–H groups in total. The number of nitrogens with one attached hydrogen (secondary N) is 2. The van der Waals surface area contributed by atoms with Crippen molar-refractivity contribution >= 4 is 22.5 Å². The van der Waals surface area contributed by atoms with E-state index < -0.39 is 5.92 Å². The Morgan fingerprint density at radius 2 is 2.13 bits per heavy atom. The maximum Gasteiger partial charge on any atom is 0.255 e. The lowest BCUT2D eigenvalue weighted by Crippen LogP contribution is -2.42. The zero-order chi connectivity index (χ0) is 21.2. The predicted molar refractivity (Wildman–Crippen MR) is 110 cm³/mol. The van der Waals surface area contributed by atoms with Gasteiger partial charge in [0.2, 0.25) is 5.92 Å². The molecule has 0 spiro atoms. The Hall–Kier alpha value is -3.36. The summed E-state index contributed by atoms with van der Waals surface area (Å²) in [6.45, 7) is 0.245. The summed E-state index contributed by atoms with van der Waals surface area (Å²) >= 11 is 0.